The van der Waals surface area contributed by atoms with E-state index in [1.165, 1.54) is 18.4 Å². The van der Waals surface area contributed by atoms with Gasteiger partial charge < -0.3 is 9.15 Å². The summed E-state index contributed by atoms with van der Waals surface area (Å²) in [5.74, 6) is 2.08. The highest BCUT2D eigenvalue weighted by molar-refractivity contribution is 5.27. The predicted molar refractivity (Wildman–Crippen MR) is 94.2 cm³/mol. The lowest BCUT2D eigenvalue weighted by Gasteiger charge is -2.46. The summed E-state index contributed by atoms with van der Waals surface area (Å²) in [6.07, 6.45) is 4.61. The fourth-order valence-corrected chi connectivity index (χ4v) is 3.79. The Morgan fingerprint density at radius 2 is 1.96 bits per heavy atom. The second-order valence-electron chi connectivity index (χ2n) is 7.10. The van der Waals surface area contributed by atoms with E-state index in [4.69, 9.17) is 9.15 Å². The Labute approximate surface area is 144 Å². The van der Waals surface area contributed by atoms with Gasteiger partial charge in [-0.15, -0.1) is 0 Å². The van der Waals surface area contributed by atoms with E-state index in [0.29, 0.717) is 6.10 Å². The van der Waals surface area contributed by atoms with Crippen molar-refractivity contribution in [2.75, 3.05) is 26.2 Å². The van der Waals surface area contributed by atoms with Crippen molar-refractivity contribution in [2.24, 2.45) is 0 Å². The number of hydrogen-bond acceptors (Lipinski definition) is 4. The summed E-state index contributed by atoms with van der Waals surface area (Å²) in [5.41, 5.74) is 1.26. The second-order valence-corrected chi connectivity index (χ2v) is 7.10. The van der Waals surface area contributed by atoms with E-state index >= 15 is 0 Å². The third kappa shape index (κ3) is 3.65. The van der Waals surface area contributed by atoms with Gasteiger partial charge in [-0.1, -0.05) is 12.1 Å². The summed E-state index contributed by atoms with van der Waals surface area (Å²) in [4.78, 5) is 5.08. The Balaban J connectivity index is 1.19. The van der Waals surface area contributed by atoms with Gasteiger partial charge in [0, 0.05) is 32.2 Å². The summed E-state index contributed by atoms with van der Waals surface area (Å²) >= 11 is 0. The van der Waals surface area contributed by atoms with Crippen LogP contribution in [0.5, 0.6) is 5.75 Å². The van der Waals surface area contributed by atoms with Gasteiger partial charge in [0.25, 0.3) is 0 Å². The van der Waals surface area contributed by atoms with E-state index in [-0.39, 0.29) is 0 Å². The summed E-state index contributed by atoms with van der Waals surface area (Å²) in [6.45, 7) is 7.50. The van der Waals surface area contributed by atoms with Gasteiger partial charge in [0.15, 0.2) is 0 Å². The molecule has 2 fully saturated rings. The second kappa shape index (κ2) is 6.99. The molecule has 2 aliphatic heterocycles. The van der Waals surface area contributed by atoms with E-state index in [9.17, 15) is 0 Å². The SMILES string of the molecule is Cc1cccc(OC2CN(C3CCN(Cc4ccco4)CC3)C2)c1. The average molecular weight is 326 g/mol. The highest BCUT2D eigenvalue weighted by Crippen LogP contribution is 2.25. The van der Waals surface area contributed by atoms with Crippen LogP contribution in [-0.4, -0.2) is 48.1 Å². The van der Waals surface area contributed by atoms with Crippen LogP contribution < -0.4 is 4.74 Å². The van der Waals surface area contributed by atoms with E-state index < -0.39 is 0 Å². The van der Waals surface area contributed by atoms with Gasteiger partial charge in [0.05, 0.1) is 12.8 Å². The van der Waals surface area contributed by atoms with Crippen molar-refractivity contribution in [2.45, 2.75) is 38.5 Å². The molecule has 2 aromatic rings. The molecule has 0 N–H and O–H groups in total. The summed E-state index contributed by atoms with van der Waals surface area (Å²) in [7, 11) is 0. The maximum atomic E-state index is 6.08. The molecule has 4 nitrogen and oxygen atoms in total. The topological polar surface area (TPSA) is 28.9 Å². The van der Waals surface area contributed by atoms with Gasteiger partial charge in [-0.05, 0) is 49.6 Å². The van der Waals surface area contributed by atoms with Crippen molar-refractivity contribution in [1.29, 1.82) is 0 Å². The third-order valence-electron chi connectivity index (χ3n) is 5.20. The van der Waals surface area contributed by atoms with Crippen molar-refractivity contribution >= 4 is 0 Å². The molecule has 4 heteroatoms. The number of rotatable bonds is 5. The first-order chi connectivity index (χ1) is 11.8. The number of likely N-dealkylation sites (tertiary alicyclic amines) is 2. The molecule has 1 aromatic carbocycles. The van der Waals surface area contributed by atoms with Gasteiger partial charge >= 0.3 is 0 Å². The van der Waals surface area contributed by atoms with E-state index in [2.05, 4.69) is 47.1 Å². The Bertz CT molecular complexity index is 641. The van der Waals surface area contributed by atoms with Crippen LogP contribution in [0.15, 0.2) is 47.1 Å². The molecule has 1 aromatic heterocycles. The number of benzene rings is 1. The average Bonchev–Trinajstić information content (AvgIpc) is 3.05. The molecule has 0 aliphatic carbocycles. The molecule has 0 atom stereocenters. The number of piperidine rings is 1. The molecule has 0 bridgehead atoms. The zero-order chi connectivity index (χ0) is 16.4. The van der Waals surface area contributed by atoms with Crippen molar-refractivity contribution < 1.29 is 9.15 Å². The molecule has 0 radical (unpaired) electrons. The summed E-state index contributed by atoms with van der Waals surface area (Å²) < 4.78 is 11.5. The molecule has 128 valence electrons. The quantitative estimate of drug-likeness (QED) is 0.843. The summed E-state index contributed by atoms with van der Waals surface area (Å²) in [5, 5.41) is 0. The molecule has 3 heterocycles. The van der Waals surface area contributed by atoms with Gasteiger partial charge in [-0.2, -0.15) is 0 Å². The largest absolute Gasteiger partial charge is 0.488 e. The van der Waals surface area contributed by atoms with Gasteiger partial charge in [0.2, 0.25) is 0 Å². The van der Waals surface area contributed by atoms with Crippen LogP contribution in [0.4, 0.5) is 0 Å². The smallest absolute Gasteiger partial charge is 0.124 e. The highest BCUT2D eigenvalue weighted by Gasteiger charge is 2.35. The first-order valence-corrected chi connectivity index (χ1v) is 8.98. The van der Waals surface area contributed by atoms with Crippen LogP contribution >= 0.6 is 0 Å². The van der Waals surface area contributed by atoms with E-state index in [1.807, 2.05) is 6.07 Å². The molecule has 2 aliphatic rings. The molecule has 0 spiro atoms. The lowest BCUT2D eigenvalue weighted by Crippen LogP contribution is -2.59. The van der Waals surface area contributed by atoms with Crippen molar-refractivity contribution in [3.05, 3.63) is 54.0 Å². The maximum absolute atomic E-state index is 6.08. The number of nitrogens with zero attached hydrogens (tertiary/aromatic N) is 2. The molecule has 4 rings (SSSR count). The predicted octanol–water partition coefficient (Wildman–Crippen LogP) is 3.32. The molecule has 24 heavy (non-hydrogen) atoms. The van der Waals surface area contributed by atoms with E-state index in [1.54, 1.807) is 6.26 Å². The highest BCUT2D eigenvalue weighted by atomic mass is 16.5. The Morgan fingerprint density at radius 3 is 2.67 bits per heavy atom. The van der Waals surface area contributed by atoms with Gasteiger partial charge in [0.1, 0.15) is 17.6 Å². The molecule has 0 saturated carbocycles. The van der Waals surface area contributed by atoms with Crippen LogP contribution in [0.25, 0.3) is 0 Å². The van der Waals surface area contributed by atoms with Crippen LogP contribution in [0.1, 0.15) is 24.2 Å². The fraction of sp³-hybridized carbons (Fsp3) is 0.500. The number of hydrogen-bond donors (Lipinski definition) is 0. The Hall–Kier alpha value is -1.78. The zero-order valence-electron chi connectivity index (χ0n) is 14.4. The minimum Gasteiger partial charge on any atom is -0.488 e. The fourth-order valence-electron chi connectivity index (χ4n) is 3.79. The maximum Gasteiger partial charge on any atom is 0.124 e. The molecule has 0 unspecified atom stereocenters. The van der Waals surface area contributed by atoms with Crippen LogP contribution in [0.2, 0.25) is 0 Å². The monoisotopic (exact) mass is 326 g/mol. The minimum atomic E-state index is 0.355. The standard InChI is InChI=1S/C20H26N2O2/c1-16-4-2-5-18(12-16)24-20-14-22(15-20)17-7-9-21(10-8-17)13-19-6-3-11-23-19/h2-6,11-12,17,20H,7-10,13-15H2,1H3. The normalized spacial score (nSPS) is 20.9. The Morgan fingerprint density at radius 1 is 1.12 bits per heavy atom. The van der Waals surface area contributed by atoms with Crippen LogP contribution in [-0.2, 0) is 6.54 Å². The number of furan rings is 1. The van der Waals surface area contributed by atoms with Gasteiger partial charge in [-0.3, -0.25) is 9.80 Å². The molecule has 0 amide bonds. The zero-order valence-corrected chi connectivity index (χ0v) is 14.4. The lowest BCUT2D eigenvalue weighted by molar-refractivity contribution is -0.0276. The summed E-state index contributed by atoms with van der Waals surface area (Å²) in [6, 6.07) is 13.1. The third-order valence-corrected chi connectivity index (χ3v) is 5.20. The van der Waals surface area contributed by atoms with Crippen molar-refractivity contribution in [1.82, 2.24) is 9.80 Å². The van der Waals surface area contributed by atoms with Crippen LogP contribution in [0, 0.1) is 6.92 Å². The van der Waals surface area contributed by atoms with Gasteiger partial charge in [-0.25, -0.2) is 0 Å². The Kier molecular flexibility index (Phi) is 4.58. The number of aryl methyl sites for hydroxylation is 1. The molecular formula is C20H26N2O2. The van der Waals surface area contributed by atoms with E-state index in [0.717, 1.165) is 50.3 Å². The first kappa shape index (κ1) is 15.7. The molecular weight excluding hydrogens is 300 g/mol. The minimum absolute atomic E-state index is 0.355. The van der Waals surface area contributed by atoms with Crippen molar-refractivity contribution in [3.8, 4) is 5.75 Å². The number of ether oxygens (including phenoxy) is 1. The van der Waals surface area contributed by atoms with Crippen molar-refractivity contribution in [3.63, 3.8) is 0 Å². The first-order valence-electron chi connectivity index (χ1n) is 8.98. The molecule has 2 saturated heterocycles. The lowest BCUT2D eigenvalue weighted by atomic mass is 9.98. The van der Waals surface area contributed by atoms with Crippen LogP contribution in [0.3, 0.4) is 0 Å².